The van der Waals surface area contributed by atoms with Crippen molar-refractivity contribution in [1.29, 1.82) is 0 Å². The highest BCUT2D eigenvalue weighted by Crippen LogP contribution is 2.08. The summed E-state index contributed by atoms with van der Waals surface area (Å²) < 4.78 is 5.40. The number of benzene rings is 1. The van der Waals surface area contributed by atoms with Crippen molar-refractivity contribution in [2.45, 2.75) is 19.2 Å². The van der Waals surface area contributed by atoms with Crippen molar-refractivity contribution in [3.63, 3.8) is 0 Å². The van der Waals surface area contributed by atoms with Crippen molar-refractivity contribution in [2.24, 2.45) is 0 Å². The summed E-state index contributed by atoms with van der Waals surface area (Å²) in [5.74, 6) is 0.694. The van der Waals surface area contributed by atoms with E-state index in [1.165, 1.54) is 0 Å². The largest absolute Gasteiger partial charge is 0.491 e. The van der Waals surface area contributed by atoms with E-state index in [1.807, 2.05) is 30.3 Å². The van der Waals surface area contributed by atoms with Gasteiger partial charge in [0.2, 0.25) is 0 Å². The summed E-state index contributed by atoms with van der Waals surface area (Å²) in [5.41, 5.74) is 0. The smallest absolute Gasteiger partial charge is 0.317 e. The maximum atomic E-state index is 11.1. The number of ether oxygens (including phenoxy) is 1. The monoisotopic (exact) mass is 283 g/mol. The number of aliphatic hydroxyl groups is 2. The van der Waals surface area contributed by atoms with Crippen LogP contribution in [0.2, 0.25) is 0 Å². The van der Waals surface area contributed by atoms with E-state index in [1.54, 1.807) is 6.92 Å². The molecule has 0 bridgehead atoms. The van der Waals surface area contributed by atoms with Crippen LogP contribution in [0.4, 0.5) is 4.79 Å². The van der Waals surface area contributed by atoms with Gasteiger partial charge in [0.25, 0.3) is 0 Å². The summed E-state index contributed by atoms with van der Waals surface area (Å²) in [7, 11) is 0. The number of hydrogen-bond acceptors (Lipinski definition) is 5. The van der Waals surface area contributed by atoms with Crippen LogP contribution in [0.5, 0.6) is 5.75 Å². The van der Waals surface area contributed by atoms with Crippen LogP contribution >= 0.6 is 0 Å². The molecule has 0 aliphatic rings. The molecular formula is C13H21N3O4. The van der Waals surface area contributed by atoms with Gasteiger partial charge in [0.15, 0.2) is 0 Å². The fourth-order valence-corrected chi connectivity index (χ4v) is 1.45. The second-order valence-corrected chi connectivity index (χ2v) is 4.22. The lowest BCUT2D eigenvalue weighted by molar-refractivity contribution is 0.103. The fraction of sp³-hybridized carbons (Fsp3) is 0.462. The van der Waals surface area contributed by atoms with E-state index in [0.717, 1.165) is 0 Å². The predicted molar refractivity (Wildman–Crippen MR) is 74.2 cm³/mol. The molecule has 7 nitrogen and oxygen atoms in total. The molecule has 0 radical (unpaired) electrons. The SMILES string of the molecule is CC(NCC(O)COc1ccccc1)NC(=O)NCO. The van der Waals surface area contributed by atoms with Crippen LogP contribution in [0.25, 0.3) is 0 Å². The Balaban J connectivity index is 2.16. The molecule has 20 heavy (non-hydrogen) atoms. The van der Waals surface area contributed by atoms with Crippen LogP contribution in [0, 0.1) is 0 Å². The average molecular weight is 283 g/mol. The van der Waals surface area contributed by atoms with Gasteiger partial charge < -0.3 is 25.6 Å². The standard InChI is InChI=1S/C13H21N3O4/c1-10(16-13(19)15-9-17)14-7-11(18)8-20-12-5-3-2-4-6-12/h2-6,10-11,14,17-18H,7-9H2,1H3,(H2,15,16,19). The quantitative estimate of drug-likeness (QED) is 0.418. The molecule has 2 unspecified atom stereocenters. The molecule has 5 N–H and O–H groups in total. The number of rotatable bonds is 8. The highest BCUT2D eigenvalue weighted by Gasteiger charge is 2.09. The van der Waals surface area contributed by atoms with Crippen molar-refractivity contribution >= 4 is 6.03 Å². The number of nitrogens with one attached hydrogen (secondary N) is 3. The third-order valence-corrected chi connectivity index (χ3v) is 2.43. The molecule has 2 amide bonds. The summed E-state index contributed by atoms with van der Waals surface area (Å²) in [6.07, 6.45) is -1.03. The average Bonchev–Trinajstić information content (AvgIpc) is 2.44. The molecule has 2 atom stereocenters. The van der Waals surface area contributed by atoms with Gasteiger partial charge in [-0.2, -0.15) is 0 Å². The van der Waals surface area contributed by atoms with Gasteiger partial charge in [-0.05, 0) is 19.1 Å². The van der Waals surface area contributed by atoms with Gasteiger partial charge in [0, 0.05) is 6.54 Å². The minimum atomic E-state index is -0.694. The zero-order valence-electron chi connectivity index (χ0n) is 11.4. The minimum Gasteiger partial charge on any atom is -0.491 e. The van der Waals surface area contributed by atoms with Gasteiger partial charge in [-0.3, -0.25) is 5.32 Å². The Hall–Kier alpha value is -1.83. The maximum Gasteiger partial charge on any atom is 0.317 e. The third-order valence-electron chi connectivity index (χ3n) is 2.43. The summed E-state index contributed by atoms with van der Waals surface area (Å²) in [6, 6.07) is 8.72. The highest BCUT2D eigenvalue weighted by atomic mass is 16.5. The van der Waals surface area contributed by atoms with Crippen LogP contribution in [0.15, 0.2) is 30.3 Å². The Labute approximate surface area is 117 Å². The van der Waals surface area contributed by atoms with E-state index in [4.69, 9.17) is 9.84 Å². The van der Waals surface area contributed by atoms with Crippen molar-refractivity contribution < 1.29 is 19.7 Å². The first-order chi connectivity index (χ1) is 9.61. The number of para-hydroxylation sites is 1. The van der Waals surface area contributed by atoms with Gasteiger partial charge in [-0.15, -0.1) is 0 Å². The van der Waals surface area contributed by atoms with Gasteiger partial charge >= 0.3 is 6.03 Å². The molecule has 0 saturated carbocycles. The molecule has 0 aliphatic heterocycles. The molecule has 0 aromatic heterocycles. The van der Waals surface area contributed by atoms with E-state index in [9.17, 15) is 9.90 Å². The van der Waals surface area contributed by atoms with Crippen LogP contribution in [-0.4, -0.2) is 48.4 Å². The van der Waals surface area contributed by atoms with Gasteiger partial charge in [-0.1, -0.05) is 18.2 Å². The van der Waals surface area contributed by atoms with Crippen molar-refractivity contribution in [1.82, 2.24) is 16.0 Å². The Morgan fingerprint density at radius 3 is 2.70 bits per heavy atom. The Bertz CT molecular complexity index is 388. The number of carbonyl (C=O) groups excluding carboxylic acids is 1. The van der Waals surface area contributed by atoms with Crippen LogP contribution in [-0.2, 0) is 0 Å². The molecule has 1 aromatic carbocycles. The summed E-state index contributed by atoms with van der Waals surface area (Å²) >= 11 is 0. The molecule has 0 fully saturated rings. The normalized spacial score (nSPS) is 13.3. The number of urea groups is 1. The third kappa shape index (κ3) is 6.93. The fourth-order valence-electron chi connectivity index (χ4n) is 1.45. The van der Waals surface area contributed by atoms with Crippen molar-refractivity contribution in [3.8, 4) is 5.75 Å². The van der Waals surface area contributed by atoms with E-state index in [-0.39, 0.29) is 19.3 Å². The summed E-state index contributed by atoms with van der Waals surface area (Å²) in [6.45, 7) is 1.73. The molecule has 1 rings (SSSR count). The first-order valence-corrected chi connectivity index (χ1v) is 6.36. The highest BCUT2D eigenvalue weighted by molar-refractivity contribution is 5.73. The van der Waals surface area contributed by atoms with Crippen molar-refractivity contribution in [3.05, 3.63) is 30.3 Å². The predicted octanol–water partition coefficient (Wildman–Crippen LogP) is -0.389. The molecule has 0 spiro atoms. The first-order valence-electron chi connectivity index (χ1n) is 6.36. The number of carbonyl (C=O) groups is 1. The number of amides is 2. The van der Waals surface area contributed by atoms with Gasteiger partial charge in [-0.25, -0.2) is 4.79 Å². The first kappa shape index (κ1) is 16.2. The van der Waals surface area contributed by atoms with E-state index in [0.29, 0.717) is 5.75 Å². The van der Waals surface area contributed by atoms with Crippen LogP contribution in [0.1, 0.15) is 6.92 Å². The molecule has 0 heterocycles. The van der Waals surface area contributed by atoms with Gasteiger partial charge in [0.05, 0.1) is 6.17 Å². The molecular weight excluding hydrogens is 262 g/mol. The Morgan fingerprint density at radius 2 is 2.05 bits per heavy atom. The van der Waals surface area contributed by atoms with Crippen LogP contribution < -0.4 is 20.7 Å². The number of hydrogen-bond donors (Lipinski definition) is 5. The number of aliphatic hydroxyl groups excluding tert-OH is 2. The van der Waals surface area contributed by atoms with Gasteiger partial charge in [0.1, 0.15) is 25.2 Å². The lowest BCUT2D eigenvalue weighted by atomic mass is 10.3. The zero-order valence-corrected chi connectivity index (χ0v) is 11.4. The van der Waals surface area contributed by atoms with E-state index >= 15 is 0 Å². The topological polar surface area (TPSA) is 103 Å². The second kappa shape index (κ2) is 9.13. The molecule has 1 aromatic rings. The molecule has 0 saturated heterocycles. The Morgan fingerprint density at radius 1 is 1.35 bits per heavy atom. The Kier molecular flexibility index (Phi) is 7.41. The second-order valence-electron chi connectivity index (χ2n) is 4.22. The van der Waals surface area contributed by atoms with E-state index < -0.39 is 18.9 Å². The molecule has 7 heteroatoms. The summed E-state index contributed by atoms with van der Waals surface area (Å²) in [5, 5.41) is 25.9. The molecule has 112 valence electrons. The lowest BCUT2D eigenvalue weighted by Crippen LogP contribution is -2.50. The molecule has 0 aliphatic carbocycles. The lowest BCUT2D eigenvalue weighted by Gasteiger charge is -2.18. The zero-order chi connectivity index (χ0) is 14.8. The maximum absolute atomic E-state index is 11.1. The minimum absolute atomic E-state index is 0.159. The van der Waals surface area contributed by atoms with E-state index in [2.05, 4.69) is 16.0 Å². The summed E-state index contributed by atoms with van der Waals surface area (Å²) in [4.78, 5) is 11.1. The van der Waals surface area contributed by atoms with Crippen molar-refractivity contribution in [2.75, 3.05) is 19.9 Å². The van der Waals surface area contributed by atoms with Crippen LogP contribution in [0.3, 0.4) is 0 Å².